The van der Waals surface area contributed by atoms with Crippen molar-refractivity contribution < 1.29 is 36.2 Å². The van der Waals surface area contributed by atoms with Gasteiger partial charge in [-0.15, -0.1) is 0 Å². The van der Waals surface area contributed by atoms with Crippen LogP contribution < -0.4 is 4.74 Å². The Labute approximate surface area is 158 Å². The van der Waals surface area contributed by atoms with E-state index in [4.69, 9.17) is 9.47 Å². The van der Waals surface area contributed by atoms with Crippen LogP contribution in [-0.2, 0) is 11.3 Å². The third-order valence-corrected chi connectivity index (χ3v) is 4.59. The first kappa shape index (κ1) is 20.1. The molecule has 0 unspecified atom stereocenters. The number of hydrogen-bond acceptors (Lipinski definition) is 3. The van der Waals surface area contributed by atoms with Crippen molar-refractivity contribution in [3.63, 3.8) is 0 Å². The minimum atomic E-state index is -2.27. The summed E-state index contributed by atoms with van der Waals surface area (Å²) in [6.45, 7) is -1.09. The van der Waals surface area contributed by atoms with E-state index in [1.54, 1.807) is 12.1 Å². The molecule has 0 aliphatic heterocycles. The van der Waals surface area contributed by atoms with Crippen molar-refractivity contribution in [3.05, 3.63) is 64.5 Å². The minimum absolute atomic E-state index is 0.0554. The molecule has 8 heteroatoms. The lowest BCUT2D eigenvalue weighted by molar-refractivity contribution is 0.0462. The molecular weight excluding hydrogens is 383 g/mol. The Balaban J connectivity index is 1.64. The fourth-order valence-corrected chi connectivity index (χ4v) is 3.04. The van der Waals surface area contributed by atoms with Crippen molar-refractivity contribution in [2.75, 3.05) is 0 Å². The molecule has 0 radical (unpaired) electrons. The minimum Gasteiger partial charge on any atom is -0.490 e. The topological polar surface area (TPSA) is 35.5 Å². The molecule has 28 heavy (non-hydrogen) atoms. The summed E-state index contributed by atoms with van der Waals surface area (Å²) in [5.74, 6) is -10.9. The first-order valence-electron chi connectivity index (χ1n) is 8.82. The van der Waals surface area contributed by atoms with Crippen LogP contribution in [0, 0.1) is 29.1 Å². The zero-order valence-corrected chi connectivity index (χ0v) is 14.7. The number of benzene rings is 2. The average molecular weight is 400 g/mol. The third-order valence-electron chi connectivity index (χ3n) is 4.59. The van der Waals surface area contributed by atoms with E-state index in [-0.39, 0.29) is 11.7 Å². The number of carbonyl (C=O) groups is 1. The largest absolute Gasteiger partial charge is 0.490 e. The summed E-state index contributed by atoms with van der Waals surface area (Å²) in [6.07, 6.45) is 5.45. The van der Waals surface area contributed by atoms with Gasteiger partial charge in [-0.3, -0.25) is 0 Å². The second kappa shape index (κ2) is 8.58. The number of esters is 1. The Morgan fingerprint density at radius 2 is 1.36 bits per heavy atom. The molecular formula is C20H17F5O3. The number of carbonyl (C=O) groups excluding carboxylic acids is 1. The van der Waals surface area contributed by atoms with Crippen molar-refractivity contribution in [1.82, 2.24) is 0 Å². The fourth-order valence-electron chi connectivity index (χ4n) is 3.04. The van der Waals surface area contributed by atoms with Gasteiger partial charge in [0, 0.05) is 0 Å². The van der Waals surface area contributed by atoms with Crippen LogP contribution in [0.15, 0.2) is 24.3 Å². The zero-order chi connectivity index (χ0) is 20.3. The van der Waals surface area contributed by atoms with Gasteiger partial charge in [-0.05, 0) is 49.9 Å². The van der Waals surface area contributed by atoms with E-state index in [0.29, 0.717) is 5.75 Å². The Bertz CT molecular complexity index is 832. The van der Waals surface area contributed by atoms with Gasteiger partial charge >= 0.3 is 5.97 Å². The van der Waals surface area contributed by atoms with Gasteiger partial charge in [0.05, 0.1) is 17.2 Å². The molecule has 3 rings (SSSR count). The summed E-state index contributed by atoms with van der Waals surface area (Å²) in [7, 11) is 0. The van der Waals surface area contributed by atoms with Gasteiger partial charge in [-0.1, -0.05) is 6.42 Å². The lowest BCUT2D eigenvalue weighted by Gasteiger charge is -2.23. The van der Waals surface area contributed by atoms with E-state index in [0.717, 1.165) is 25.7 Å². The predicted octanol–water partition coefficient (Wildman–Crippen LogP) is 5.45. The maximum absolute atomic E-state index is 13.6. The highest BCUT2D eigenvalue weighted by molar-refractivity contribution is 5.89. The second-order valence-corrected chi connectivity index (χ2v) is 6.53. The van der Waals surface area contributed by atoms with Crippen LogP contribution in [0.4, 0.5) is 22.0 Å². The molecule has 3 nitrogen and oxygen atoms in total. The highest BCUT2D eigenvalue weighted by Gasteiger charge is 2.26. The van der Waals surface area contributed by atoms with Crippen LogP contribution in [0.25, 0.3) is 0 Å². The molecule has 1 aliphatic carbocycles. The van der Waals surface area contributed by atoms with Gasteiger partial charge in [0.1, 0.15) is 12.4 Å². The van der Waals surface area contributed by atoms with Crippen LogP contribution in [0.1, 0.15) is 48.0 Å². The first-order valence-corrected chi connectivity index (χ1v) is 8.82. The van der Waals surface area contributed by atoms with E-state index in [1.165, 1.54) is 18.6 Å². The van der Waals surface area contributed by atoms with Gasteiger partial charge in [0.15, 0.2) is 23.3 Å². The summed E-state index contributed by atoms with van der Waals surface area (Å²) in [5, 5.41) is 0. The Morgan fingerprint density at radius 1 is 0.821 bits per heavy atom. The highest BCUT2D eigenvalue weighted by Crippen LogP contribution is 2.25. The standard InChI is InChI=1S/C20H17F5O3/c21-15-14(16(22)18(24)19(25)17(15)23)10-27-20(26)11-6-8-13(9-7-11)28-12-4-2-1-3-5-12/h6-9,12H,1-5,10H2. The molecule has 0 N–H and O–H groups in total. The molecule has 1 aliphatic rings. The molecule has 0 bridgehead atoms. The maximum atomic E-state index is 13.6. The van der Waals surface area contributed by atoms with E-state index in [2.05, 4.69) is 0 Å². The molecule has 0 saturated heterocycles. The zero-order valence-electron chi connectivity index (χ0n) is 14.7. The molecule has 0 atom stereocenters. The van der Waals surface area contributed by atoms with E-state index >= 15 is 0 Å². The SMILES string of the molecule is O=C(OCc1c(F)c(F)c(F)c(F)c1F)c1ccc(OC2CCCCC2)cc1. The summed E-state index contributed by atoms with van der Waals surface area (Å²) < 4.78 is 77.1. The monoisotopic (exact) mass is 400 g/mol. The van der Waals surface area contributed by atoms with Crippen LogP contribution in [0.3, 0.4) is 0 Å². The maximum Gasteiger partial charge on any atom is 0.338 e. The Morgan fingerprint density at radius 3 is 1.93 bits per heavy atom. The van der Waals surface area contributed by atoms with Gasteiger partial charge < -0.3 is 9.47 Å². The van der Waals surface area contributed by atoms with Crippen molar-refractivity contribution in [3.8, 4) is 5.75 Å². The lowest BCUT2D eigenvalue weighted by atomic mass is 9.98. The predicted molar refractivity (Wildman–Crippen MR) is 89.3 cm³/mol. The third kappa shape index (κ3) is 4.26. The van der Waals surface area contributed by atoms with Gasteiger partial charge in [0.2, 0.25) is 5.82 Å². The number of halogens is 5. The summed E-state index contributed by atoms with van der Waals surface area (Å²) in [6, 6.07) is 5.92. The van der Waals surface area contributed by atoms with E-state index < -0.39 is 47.2 Å². The molecule has 0 amide bonds. The number of rotatable bonds is 5. The van der Waals surface area contributed by atoms with Crippen LogP contribution >= 0.6 is 0 Å². The molecule has 2 aromatic carbocycles. The van der Waals surface area contributed by atoms with Crippen LogP contribution in [-0.4, -0.2) is 12.1 Å². The van der Waals surface area contributed by atoms with Gasteiger partial charge in [-0.25, -0.2) is 26.7 Å². The number of hydrogen-bond donors (Lipinski definition) is 0. The normalized spacial score (nSPS) is 14.8. The fraction of sp³-hybridized carbons (Fsp3) is 0.350. The quantitative estimate of drug-likeness (QED) is 0.290. The first-order chi connectivity index (χ1) is 13.4. The summed E-state index contributed by atoms with van der Waals surface area (Å²) >= 11 is 0. The van der Waals surface area contributed by atoms with Gasteiger partial charge in [0.25, 0.3) is 0 Å². The van der Waals surface area contributed by atoms with Gasteiger partial charge in [-0.2, -0.15) is 0 Å². The van der Waals surface area contributed by atoms with Crippen molar-refractivity contribution >= 4 is 5.97 Å². The molecule has 1 saturated carbocycles. The molecule has 1 fully saturated rings. The second-order valence-electron chi connectivity index (χ2n) is 6.53. The van der Waals surface area contributed by atoms with Crippen molar-refractivity contribution in [2.45, 2.75) is 44.8 Å². The Hall–Kier alpha value is -2.64. The van der Waals surface area contributed by atoms with Crippen molar-refractivity contribution in [2.24, 2.45) is 0 Å². The molecule has 0 heterocycles. The lowest BCUT2D eigenvalue weighted by Crippen LogP contribution is -2.19. The van der Waals surface area contributed by atoms with E-state index in [9.17, 15) is 26.7 Å². The van der Waals surface area contributed by atoms with E-state index in [1.807, 2.05) is 0 Å². The molecule has 2 aromatic rings. The highest BCUT2D eigenvalue weighted by atomic mass is 19.2. The molecule has 0 spiro atoms. The van der Waals surface area contributed by atoms with Crippen LogP contribution in [0.5, 0.6) is 5.75 Å². The summed E-state index contributed by atoms with van der Waals surface area (Å²) in [4.78, 5) is 12.0. The molecule has 150 valence electrons. The number of ether oxygens (including phenoxy) is 2. The average Bonchev–Trinajstić information content (AvgIpc) is 2.72. The van der Waals surface area contributed by atoms with Crippen LogP contribution in [0.2, 0.25) is 0 Å². The summed E-state index contributed by atoms with van der Waals surface area (Å²) in [5.41, 5.74) is -1.15. The smallest absolute Gasteiger partial charge is 0.338 e. The Kier molecular flexibility index (Phi) is 6.16. The van der Waals surface area contributed by atoms with Crippen molar-refractivity contribution in [1.29, 1.82) is 0 Å². The molecule has 0 aromatic heterocycles.